The van der Waals surface area contributed by atoms with E-state index in [1.54, 1.807) is 0 Å². The lowest BCUT2D eigenvalue weighted by atomic mass is 10.1. The monoisotopic (exact) mass is 227 g/mol. The molecule has 16 heavy (non-hydrogen) atoms. The number of nitrogen functional groups attached to an aromatic ring is 1. The van der Waals surface area contributed by atoms with Gasteiger partial charge >= 0.3 is 0 Å². The molecule has 0 radical (unpaired) electrons. The predicted octanol–water partition coefficient (Wildman–Crippen LogP) is 0.952. The van der Waals surface area contributed by atoms with Gasteiger partial charge in [0, 0.05) is 50.0 Å². The normalized spacial score (nSPS) is 17.6. The van der Waals surface area contributed by atoms with Gasteiger partial charge in [0.25, 0.3) is 0 Å². The zero-order valence-corrected chi connectivity index (χ0v) is 8.97. The molecule has 0 bridgehead atoms. The lowest BCUT2D eigenvalue weighted by Crippen LogP contribution is -2.43. The zero-order valence-electron chi connectivity index (χ0n) is 8.97. The molecule has 0 spiro atoms. The van der Waals surface area contributed by atoms with Crippen LogP contribution in [0.1, 0.15) is 5.56 Å². The first-order chi connectivity index (χ1) is 7.66. The molecule has 1 aliphatic rings. The van der Waals surface area contributed by atoms with Crippen LogP contribution in [0.25, 0.3) is 0 Å². The van der Waals surface area contributed by atoms with Gasteiger partial charge in [-0.05, 0) is 6.07 Å². The topological polar surface area (TPSA) is 41.3 Å². The van der Waals surface area contributed by atoms with E-state index >= 15 is 0 Å². The number of hydrogen-bond donors (Lipinski definition) is 2. The summed E-state index contributed by atoms with van der Waals surface area (Å²) >= 11 is 0. The van der Waals surface area contributed by atoms with Gasteiger partial charge in [-0.25, -0.2) is 8.78 Å². The molecule has 1 aromatic rings. The maximum atomic E-state index is 13.5. The number of hydrogen-bond acceptors (Lipinski definition) is 3. The maximum Gasteiger partial charge on any atom is 0.132 e. The Bertz CT molecular complexity index is 352. The van der Waals surface area contributed by atoms with Crippen LogP contribution < -0.4 is 11.1 Å². The fraction of sp³-hybridized carbons (Fsp3) is 0.455. The largest absolute Gasteiger partial charge is 0.398 e. The fourth-order valence-corrected chi connectivity index (χ4v) is 1.88. The zero-order chi connectivity index (χ0) is 11.5. The molecule has 0 unspecified atom stereocenters. The van der Waals surface area contributed by atoms with E-state index in [1.165, 1.54) is 6.07 Å². The van der Waals surface area contributed by atoms with Crippen molar-refractivity contribution in [2.24, 2.45) is 0 Å². The molecule has 0 atom stereocenters. The number of piperazine rings is 1. The highest BCUT2D eigenvalue weighted by atomic mass is 19.1. The van der Waals surface area contributed by atoms with E-state index in [-0.39, 0.29) is 5.69 Å². The van der Waals surface area contributed by atoms with Gasteiger partial charge in [0.05, 0.1) is 0 Å². The van der Waals surface area contributed by atoms with E-state index < -0.39 is 11.6 Å². The Morgan fingerprint density at radius 1 is 1.25 bits per heavy atom. The van der Waals surface area contributed by atoms with Gasteiger partial charge in [0.1, 0.15) is 11.6 Å². The average Bonchev–Trinajstić information content (AvgIpc) is 2.25. The quantitative estimate of drug-likeness (QED) is 0.739. The minimum absolute atomic E-state index is 0.191. The molecule has 0 saturated carbocycles. The second-order valence-corrected chi connectivity index (χ2v) is 3.98. The molecule has 5 heteroatoms. The van der Waals surface area contributed by atoms with Crippen LogP contribution in [0.3, 0.4) is 0 Å². The SMILES string of the molecule is Nc1cc(F)cc(F)c1CN1CCNCC1. The van der Waals surface area contributed by atoms with Crippen molar-refractivity contribution in [1.29, 1.82) is 0 Å². The first-order valence-corrected chi connectivity index (χ1v) is 5.33. The van der Waals surface area contributed by atoms with Crippen LogP contribution in [-0.4, -0.2) is 31.1 Å². The van der Waals surface area contributed by atoms with Crippen LogP contribution in [0, 0.1) is 11.6 Å². The van der Waals surface area contributed by atoms with Gasteiger partial charge in [-0.1, -0.05) is 0 Å². The van der Waals surface area contributed by atoms with E-state index in [4.69, 9.17) is 5.73 Å². The van der Waals surface area contributed by atoms with Gasteiger partial charge in [-0.3, -0.25) is 4.90 Å². The van der Waals surface area contributed by atoms with E-state index in [1.807, 2.05) is 0 Å². The lowest BCUT2D eigenvalue weighted by molar-refractivity contribution is 0.230. The molecule has 0 aromatic heterocycles. The Morgan fingerprint density at radius 3 is 2.56 bits per heavy atom. The number of rotatable bonds is 2. The summed E-state index contributed by atoms with van der Waals surface area (Å²) in [5, 5.41) is 3.21. The standard InChI is InChI=1S/C11H15F2N3/c12-8-5-10(13)9(11(14)6-8)7-16-3-1-15-2-4-16/h5-6,15H,1-4,7,14H2. The number of nitrogens with one attached hydrogen (secondary N) is 1. The van der Waals surface area contributed by atoms with Crippen molar-refractivity contribution in [2.75, 3.05) is 31.9 Å². The summed E-state index contributed by atoms with van der Waals surface area (Å²) in [7, 11) is 0. The van der Waals surface area contributed by atoms with Crippen LogP contribution in [-0.2, 0) is 6.54 Å². The molecule has 0 amide bonds. The summed E-state index contributed by atoms with van der Waals surface area (Å²) < 4.78 is 26.3. The summed E-state index contributed by atoms with van der Waals surface area (Å²) in [4.78, 5) is 2.10. The first-order valence-electron chi connectivity index (χ1n) is 5.33. The molecule has 1 aromatic carbocycles. The van der Waals surface area contributed by atoms with Crippen LogP contribution in [0.5, 0.6) is 0 Å². The summed E-state index contributed by atoms with van der Waals surface area (Å²) in [6.07, 6.45) is 0. The predicted molar refractivity (Wildman–Crippen MR) is 58.9 cm³/mol. The maximum absolute atomic E-state index is 13.5. The van der Waals surface area contributed by atoms with Crippen LogP contribution >= 0.6 is 0 Å². The van der Waals surface area contributed by atoms with Crippen molar-refractivity contribution in [3.63, 3.8) is 0 Å². The number of halogens is 2. The van der Waals surface area contributed by atoms with E-state index in [0.717, 1.165) is 32.2 Å². The molecule has 1 saturated heterocycles. The number of nitrogens with two attached hydrogens (primary N) is 1. The van der Waals surface area contributed by atoms with Crippen LogP contribution in [0.2, 0.25) is 0 Å². The fourth-order valence-electron chi connectivity index (χ4n) is 1.88. The third kappa shape index (κ3) is 2.48. The van der Waals surface area contributed by atoms with Crippen molar-refractivity contribution in [3.8, 4) is 0 Å². The Labute approximate surface area is 93.2 Å². The molecule has 3 N–H and O–H groups in total. The molecule has 0 aliphatic carbocycles. The highest BCUT2D eigenvalue weighted by Gasteiger charge is 2.15. The highest BCUT2D eigenvalue weighted by molar-refractivity contribution is 5.47. The summed E-state index contributed by atoms with van der Waals surface area (Å²) in [5.74, 6) is -1.19. The van der Waals surface area contributed by atoms with Crippen LogP contribution in [0.15, 0.2) is 12.1 Å². The Kier molecular flexibility index (Phi) is 3.36. The van der Waals surface area contributed by atoms with E-state index in [2.05, 4.69) is 10.2 Å². The van der Waals surface area contributed by atoms with Crippen molar-refractivity contribution in [1.82, 2.24) is 10.2 Å². The van der Waals surface area contributed by atoms with Crippen molar-refractivity contribution in [3.05, 3.63) is 29.3 Å². The third-order valence-corrected chi connectivity index (χ3v) is 2.79. The van der Waals surface area contributed by atoms with Gasteiger partial charge < -0.3 is 11.1 Å². The second kappa shape index (κ2) is 4.76. The summed E-state index contributed by atoms with van der Waals surface area (Å²) in [5.41, 5.74) is 6.20. The highest BCUT2D eigenvalue weighted by Crippen LogP contribution is 2.20. The number of benzene rings is 1. The first kappa shape index (κ1) is 11.3. The van der Waals surface area contributed by atoms with Crippen LogP contribution in [0.4, 0.5) is 14.5 Å². The van der Waals surface area contributed by atoms with Gasteiger partial charge in [-0.2, -0.15) is 0 Å². The number of anilines is 1. The van der Waals surface area contributed by atoms with Crippen molar-refractivity contribution >= 4 is 5.69 Å². The number of nitrogens with zero attached hydrogens (tertiary/aromatic N) is 1. The van der Waals surface area contributed by atoms with Gasteiger partial charge in [-0.15, -0.1) is 0 Å². The Hall–Kier alpha value is -1.20. The van der Waals surface area contributed by atoms with E-state index in [0.29, 0.717) is 12.1 Å². The Morgan fingerprint density at radius 2 is 1.94 bits per heavy atom. The van der Waals surface area contributed by atoms with Gasteiger partial charge in [0.15, 0.2) is 0 Å². The molecule has 88 valence electrons. The minimum Gasteiger partial charge on any atom is -0.398 e. The Balaban J connectivity index is 2.14. The lowest BCUT2D eigenvalue weighted by Gasteiger charge is -2.27. The second-order valence-electron chi connectivity index (χ2n) is 3.98. The summed E-state index contributed by atoms with van der Waals surface area (Å²) in [6, 6.07) is 2.05. The molecule has 3 nitrogen and oxygen atoms in total. The third-order valence-electron chi connectivity index (χ3n) is 2.79. The molecule has 1 aliphatic heterocycles. The smallest absolute Gasteiger partial charge is 0.132 e. The molecular weight excluding hydrogens is 212 g/mol. The van der Waals surface area contributed by atoms with Crippen molar-refractivity contribution in [2.45, 2.75) is 6.54 Å². The summed E-state index contributed by atoms with van der Waals surface area (Å²) in [6.45, 7) is 3.94. The molecule has 2 rings (SSSR count). The molecular formula is C11H15F2N3. The molecule has 1 heterocycles. The molecule has 1 fully saturated rings. The van der Waals surface area contributed by atoms with Gasteiger partial charge in [0.2, 0.25) is 0 Å². The minimum atomic E-state index is -0.626. The van der Waals surface area contributed by atoms with E-state index in [9.17, 15) is 8.78 Å². The average molecular weight is 227 g/mol. The van der Waals surface area contributed by atoms with Crippen molar-refractivity contribution < 1.29 is 8.78 Å².